The zero-order valence-corrected chi connectivity index (χ0v) is 14.7. The fourth-order valence-electron chi connectivity index (χ4n) is 3.64. The number of likely N-dealkylation sites (tertiary alicyclic amines) is 1. The molecule has 0 saturated carbocycles. The van der Waals surface area contributed by atoms with Crippen LogP contribution in [-0.4, -0.2) is 53.0 Å². The molecule has 1 atom stereocenters. The predicted molar refractivity (Wildman–Crippen MR) is 87.1 cm³/mol. The predicted octanol–water partition coefficient (Wildman–Crippen LogP) is 1.83. The number of nitrogens with one attached hydrogen (secondary N) is 1. The Morgan fingerprint density at radius 1 is 1.23 bits per heavy atom. The molecule has 2 aliphatic heterocycles. The molecule has 2 amide bonds. The normalized spacial score (nSPS) is 24.9. The molecule has 2 fully saturated rings. The molecule has 0 aromatic carbocycles. The van der Waals surface area contributed by atoms with Crippen LogP contribution < -0.4 is 5.32 Å². The van der Waals surface area contributed by atoms with E-state index in [-0.39, 0.29) is 23.5 Å². The largest absolute Gasteiger partial charge is 0.342 e. The highest BCUT2D eigenvalue weighted by Gasteiger charge is 2.50. The maximum absolute atomic E-state index is 12.5. The number of carbonyl (C=O) groups is 2. The van der Waals surface area contributed by atoms with Crippen molar-refractivity contribution < 1.29 is 9.59 Å². The number of rotatable bonds is 4. The summed E-state index contributed by atoms with van der Waals surface area (Å²) in [4.78, 5) is 28.7. The third kappa shape index (κ3) is 3.45. The van der Waals surface area contributed by atoms with E-state index in [1.54, 1.807) is 0 Å². The molecule has 2 aliphatic rings. The Balaban J connectivity index is 2.04. The van der Waals surface area contributed by atoms with Gasteiger partial charge in [-0.1, -0.05) is 27.7 Å². The first-order valence-corrected chi connectivity index (χ1v) is 8.62. The smallest absolute Gasteiger partial charge is 0.240 e. The molecule has 0 bridgehead atoms. The lowest BCUT2D eigenvalue weighted by Crippen LogP contribution is -2.60. The summed E-state index contributed by atoms with van der Waals surface area (Å²) in [6.07, 6.45) is 2.28. The lowest BCUT2D eigenvalue weighted by atomic mass is 9.94. The summed E-state index contributed by atoms with van der Waals surface area (Å²) in [6.45, 7) is 12.7. The topological polar surface area (TPSA) is 52.7 Å². The molecule has 1 N–H and O–H groups in total. The molecular weight excluding hydrogens is 278 g/mol. The van der Waals surface area contributed by atoms with E-state index in [1.165, 1.54) is 0 Å². The van der Waals surface area contributed by atoms with Crippen LogP contribution in [0.5, 0.6) is 0 Å². The van der Waals surface area contributed by atoms with Crippen molar-refractivity contribution in [2.45, 2.75) is 65.6 Å². The van der Waals surface area contributed by atoms with Crippen molar-refractivity contribution in [1.29, 1.82) is 0 Å². The molecule has 0 aromatic heterocycles. The van der Waals surface area contributed by atoms with Gasteiger partial charge in [0.05, 0.1) is 11.7 Å². The van der Waals surface area contributed by atoms with E-state index in [9.17, 15) is 9.59 Å². The summed E-state index contributed by atoms with van der Waals surface area (Å²) in [5, 5.41) is 3.51. The van der Waals surface area contributed by atoms with Gasteiger partial charge in [0, 0.05) is 38.9 Å². The summed E-state index contributed by atoms with van der Waals surface area (Å²) in [7, 11) is 0. The highest BCUT2D eigenvalue weighted by molar-refractivity contribution is 5.85. The van der Waals surface area contributed by atoms with Gasteiger partial charge in [-0.3, -0.25) is 14.9 Å². The lowest BCUT2D eigenvalue weighted by Gasteiger charge is -2.45. The van der Waals surface area contributed by atoms with Gasteiger partial charge in [0.25, 0.3) is 0 Å². The Hall–Kier alpha value is -1.10. The van der Waals surface area contributed by atoms with Crippen LogP contribution in [0.4, 0.5) is 0 Å². The minimum Gasteiger partial charge on any atom is -0.342 e. The summed E-state index contributed by atoms with van der Waals surface area (Å²) >= 11 is 0. The van der Waals surface area contributed by atoms with Crippen LogP contribution in [0, 0.1) is 11.8 Å². The highest BCUT2D eigenvalue weighted by Crippen LogP contribution is 2.33. The van der Waals surface area contributed by atoms with Crippen LogP contribution in [0.15, 0.2) is 0 Å². The molecule has 22 heavy (non-hydrogen) atoms. The third-order valence-electron chi connectivity index (χ3n) is 4.71. The van der Waals surface area contributed by atoms with Gasteiger partial charge in [-0.15, -0.1) is 0 Å². The number of hydrogen-bond acceptors (Lipinski definition) is 3. The average molecular weight is 309 g/mol. The van der Waals surface area contributed by atoms with Crippen LogP contribution >= 0.6 is 0 Å². The van der Waals surface area contributed by atoms with E-state index in [0.29, 0.717) is 18.3 Å². The average Bonchev–Trinajstić information content (AvgIpc) is 2.63. The van der Waals surface area contributed by atoms with Crippen molar-refractivity contribution in [3.63, 3.8) is 0 Å². The highest BCUT2D eigenvalue weighted by atomic mass is 16.2. The van der Waals surface area contributed by atoms with Crippen molar-refractivity contribution in [1.82, 2.24) is 15.1 Å². The molecule has 2 rings (SSSR count). The molecular formula is C17H31N3O2. The second-order valence-electron chi connectivity index (χ2n) is 7.72. The van der Waals surface area contributed by atoms with Gasteiger partial charge >= 0.3 is 0 Å². The second kappa shape index (κ2) is 6.57. The van der Waals surface area contributed by atoms with Gasteiger partial charge in [-0.05, 0) is 18.8 Å². The van der Waals surface area contributed by atoms with Crippen molar-refractivity contribution in [3.05, 3.63) is 0 Å². The zero-order chi connectivity index (χ0) is 16.5. The molecule has 1 unspecified atom stereocenters. The molecule has 0 aromatic rings. The Kier molecular flexibility index (Phi) is 5.15. The molecule has 2 heterocycles. The maximum Gasteiger partial charge on any atom is 0.240 e. The molecule has 0 radical (unpaired) electrons. The first-order valence-electron chi connectivity index (χ1n) is 8.62. The van der Waals surface area contributed by atoms with Crippen LogP contribution in [0.3, 0.4) is 0 Å². The molecule has 126 valence electrons. The van der Waals surface area contributed by atoms with Gasteiger partial charge in [0.2, 0.25) is 11.8 Å². The lowest BCUT2D eigenvalue weighted by molar-refractivity contribution is -0.138. The third-order valence-corrected chi connectivity index (χ3v) is 4.71. The summed E-state index contributed by atoms with van der Waals surface area (Å²) in [6, 6.07) is -0.114. The van der Waals surface area contributed by atoms with Crippen LogP contribution in [0.2, 0.25) is 0 Å². The van der Waals surface area contributed by atoms with Gasteiger partial charge < -0.3 is 9.80 Å². The summed E-state index contributed by atoms with van der Waals surface area (Å²) in [5.74, 6) is 1.30. The maximum atomic E-state index is 12.5. The minimum atomic E-state index is -0.241. The number of hydrogen-bond donors (Lipinski definition) is 1. The zero-order valence-electron chi connectivity index (χ0n) is 14.7. The molecule has 0 aliphatic carbocycles. The fraction of sp³-hybridized carbons (Fsp3) is 0.882. The van der Waals surface area contributed by atoms with E-state index in [0.717, 1.165) is 32.5 Å². The van der Waals surface area contributed by atoms with E-state index in [2.05, 4.69) is 33.0 Å². The Bertz CT molecular complexity index is 426. The van der Waals surface area contributed by atoms with E-state index in [1.807, 2.05) is 16.7 Å². The van der Waals surface area contributed by atoms with E-state index >= 15 is 0 Å². The quantitative estimate of drug-likeness (QED) is 0.862. The van der Waals surface area contributed by atoms with E-state index in [4.69, 9.17) is 0 Å². The van der Waals surface area contributed by atoms with Crippen LogP contribution in [-0.2, 0) is 9.59 Å². The number of piperidine rings is 1. The van der Waals surface area contributed by atoms with Gasteiger partial charge in [0.1, 0.15) is 0 Å². The van der Waals surface area contributed by atoms with Crippen molar-refractivity contribution in [2.75, 3.05) is 19.6 Å². The van der Waals surface area contributed by atoms with Gasteiger partial charge in [-0.25, -0.2) is 0 Å². The Morgan fingerprint density at radius 2 is 1.82 bits per heavy atom. The number of carbonyl (C=O) groups excluding carboxylic acids is 2. The number of amides is 2. The van der Waals surface area contributed by atoms with Gasteiger partial charge in [-0.2, -0.15) is 0 Å². The molecule has 2 saturated heterocycles. The molecule has 1 spiro atoms. The minimum absolute atomic E-state index is 0.114. The monoisotopic (exact) mass is 309 g/mol. The Labute approximate surface area is 134 Å². The summed E-state index contributed by atoms with van der Waals surface area (Å²) < 4.78 is 0. The SMILES string of the molecule is CC(C)CC(=O)N1CCC2(CC1)NC(C)C(=O)N2CC(C)C. The first kappa shape index (κ1) is 17.3. The van der Waals surface area contributed by atoms with E-state index < -0.39 is 0 Å². The van der Waals surface area contributed by atoms with Crippen LogP contribution in [0.25, 0.3) is 0 Å². The number of nitrogens with zero attached hydrogens (tertiary/aromatic N) is 2. The van der Waals surface area contributed by atoms with Crippen molar-refractivity contribution in [3.8, 4) is 0 Å². The molecule has 5 nitrogen and oxygen atoms in total. The second-order valence-corrected chi connectivity index (χ2v) is 7.72. The molecule has 5 heteroatoms. The van der Waals surface area contributed by atoms with Crippen LogP contribution in [0.1, 0.15) is 53.9 Å². The standard InChI is InChI=1S/C17H31N3O2/c1-12(2)10-15(21)19-8-6-17(7-9-19)18-14(5)16(22)20(17)11-13(3)4/h12-14,18H,6-11H2,1-5H3. The van der Waals surface area contributed by atoms with Crippen molar-refractivity contribution >= 4 is 11.8 Å². The Morgan fingerprint density at radius 3 is 2.32 bits per heavy atom. The van der Waals surface area contributed by atoms with Crippen molar-refractivity contribution in [2.24, 2.45) is 11.8 Å². The van der Waals surface area contributed by atoms with Gasteiger partial charge in [0.15, 0.2) is 0 Å². The fourth-order valence-corrected chi connectivity index (χ4v) is 3.64. The summed E-state index contributed by atoms with van der Waals surface area (Å²) in [5.41, 5.74) is -0.241. The first-order chi connectivity index (χ1) is 10.2.